The third kappa shape index (κ3) is 3.68. The fourth-order valence-electron chi connectivity index (χ4n) is 4.55. The second-order valence-electron chi connectivity index (χ2n) is 7.85. The zero-order valence-electron chi connectivity index (χ0n) is 16.3. The van der Waals surface area contributed by atoms with Crippen LogP contribution in [0, 0.1) is 0 Å². The van der Waals surface area contributed by atoms with Gasteiger partial charge in [-0.25, -0.2) is 9.97 Å². The van der Waals surface area contributed by atoms with Gasteiger partial charge in [0, 0.05) is 47.6 Å². The van der Waals surface area contributed by atoms with E-state index in [-0.39, 0.29) is 18.0 Å². The molecular formula is C21H22Cl2N6O. The van der Waals surface area contributed by atoms with Crippen molar-refractivity contribution in [1.29, 1.82) is 0 Å². The molecule has 2 N–H and O–H groups in total. The van der Waals surface area contributed by atoms with Crippen LogP contribution in [-0.2, 0) is 4.79 Å². The number of hydrogen-bond acceptors (Lipinski definition) is 5. The number of rotatable bonds is 4. The fraction of sp³-hybridized carbons (Fsp3) is 0.381. The van der Waals surface area contributed by atoms with Crippen LogP contribution in [0.25, 0.3) is 11.0 Å². The molecule has 156 valence electrons. The summed E-state index contributed by atoms with van der Waals surface area (Å²) in [5.41, 5.74) is 1.61. The van der Waals surface area contributed by atoms with E-state index in [0.29, 0.717) is 10.0 Å². The molecule has 1 aromatic carbocycles. The molecule has 2 aliphatic rings. The predicted molar refractivity (Wildman–Crippen MR) is 119 cm³/mol. The van der Waals surface area contributed by atoms with Crippen LogP contribution in [0.15, 0.2) is 36.8 Å². The number of carbonyl (C=O) groups excluding carboxylic acids is 1. The van der Waals surface area contributed by atoms with Crippen LogP contribution in [0.2, 0.25) is 10.0 Å². The first-order chi connectivity index (χ1) is 14.6. The van der Waals surface area contributed by atoms with E-state index in [1.54, 1.807) is 24.5 Å². The number of nitrogens with zero attached hydrogens (tertiary/aromatic N) is 4. The van der Waals surface area contributed by atoms with Gasteiger partial charge >= 0.3 is 0 Å². The van der Waals surface area contributed by atoms with Crippen LogP contribution in [0.5, 0.6) is 0 Å². The number of halogens is 2. The smallest absolute Gasteiger partial charge is 0.245 e. The van der Waals surface area contributed by atoms with Gasteiger partial charge in [0.05, 0.1) is 5.39 Å². The lowest BCUT2D eigenvalue weighted by Crippen LogP contribution is -2.50. The van der Waals surface area contributed by atoms with E-state index in [1.807, 2.05) is 17.2 Å². The summed E-state index contributed by atoms with van der Waals surface area (Å²) < 4.78 is 0. The lowest BCUT2D eigenvalue weighted by Gasteiger charge is -2.38. The van der Waals surface area contributed by atoms with Crippen LogP contribution in [-0.4, -0.2) is 57.5 Å². The fourth-order valence-corrected chi connectivity index (χ4v) is 5.08. The van der Waals surface area contributed by atoms with E-state index >= 15 is 0 Å². The highest BCUT2D eigenvalue weighted by Crippen LogP contribution is 2.30. The largest absolute Gasteiger partial charge is 0.374 e. The number of carbonyl (C=O) groups is 1. The average molecular weight is 445 g/mol. The normalized spacial score (nSPS) is 22.1. The summed E-state index contributed by atoms with van der Waals surface area (Å²) in [4.78, 5) is 29.4. The Hall–Kier alpha value is -2.51. The summed E-state index contributed by atoms with van der Waals surface area (Å²) in [7, 11) is 0. The van der Waals surface area contributed by atoms with E-state index in [0.717, 1.165) is 61.4 Å². The molecule has 0 spiro atoms. The monoisotopic (exact) mass is 444 g/mol. The molecule has 2 fully saturated rings. The minimum absolute atomic E-state index is 0.132. The van der Waals surface area contributed by atoms with E-state index in [1.165, 1.54) is 0 Å². The molecule has 2 saturated heterocycles. The van der Waals surface area contributed by atoms with Crippen LogP contribution in [0.1, 0.15) is 19.3 Å². The van der Waals surface area contributed by atoms with Gasteiger partial charge in [-0.05, 0) is 43.5 Å². The molecule has 0 aliphatic carbocycles. The zero-order valence-corrected chi connectivity index (χ0v) is 17.8. The minimum Gasteiger partial charge on any atom is -0.374 e. The maximum absolute atomic E-state index is 13.1. The molecule has 0 bridgehead atoms. The molecule has 1 unspecified atom stereocenters. The van der Waals surface area contributed by atoms with Gasteiger partial charge in [0.25, 0.3) is 0 Å². The van der Waals surface area contributed by atoms with E-state index in [4.69, 9.17) is 23.2 Å². The van der Waals surface area contributed by atoms with Gasteiger partial charge in [-0.1, -0.05) is 23.2 Å². The second kappa shape index (κ2) is 7.96. The molecule has 7 nitrogen and oxygen atoms in total. The molecule has 0 radical (unpaired) electrons. The topological polar surface area (TPSA) is 77.2 Å². The maximum Gasteiger partial charge on any atom is 0.245 e. The number of amides is 1. The Balaban J connectivity index is 1.30. The molecule has 2 aromatic heterocycles. The van der Waals surface area contributed by atoms with E-state index in [2.05, 4.69) is 25.2 Å². The molecule has 1 amide bonds. The van der Waals surface area contributed by atoms with Crippen LogP contribution in [0.4, 0.5) is 11.5 Å². The molecule has 0 saturated carbocycles. The summed E-state index contributed by atoms with van der Waals surface area (Å²) >= 11 is 12.2. The zero-order chi connectivity index (χ0) is 20.7. The number of hydrogen-bond donors (Lipinski definition) is 2. The summed E-state index contributed by atoms with van der Waals surface area (Å²) in [6.07, 6.45) is 6.25. The Morgan fingerprint density at radius 2 is 1.93 bits per heavy atom. The van der Waals surface area contributed by atoms with Gasteiger partial charge in [-0.3, -0.25) is 4.79 Å². The highest BCUT2D eigenvalue weighted by Gasteiger charge is 2.38. The summed E-state index contributed by atoms with van der Waals surface area (Å²) in [5.74, 6) is 1.06. The Kier molecular flexibility index (Phi) is 5.16. The number of likely N-dealkylation sites (tertiary alicyclic amines) is 1. The molecule has 2 atom stereocenters. The van der Waals surface area contributed by atoms with Crippen LogP contribution in [0.3, 0.4) is 0 Å². The Morgan fingerprint density at radius 3 is 2.77 bits per heavy atom. The first kappa shape index (κ1) is 19.5. The predicted octanol–water partition coefficient (Wildman–Crippen LogP) is 3.95. The van der Waals surface area contributed by atoms with Crippen molar-refractivity contribution in [3.05, 3.63) is 46.8 Å². The number of aromatic nitrogens is 3. The van der Waals surface area contributed by atoms with Crippen LogP contribution < -0.4 is 10.2 Å². The number of aromatic amines is 1. The summed E-state index contributed by atoms with van der Waals surface area (Å²) in [6, 6.07) is 7.19. The number of H-pyrrole nitrogens is 1. The number of fused-ring (bicyclic) bond motifs is 1. The Labute approximate surface area is 184 Å². The molecule has 5 rings (SSSR count). The number of benzene rings is 1. The van der Waals surface area contributed by atoms with Crippen molar-refractivity contribution >= 4 is 51.6 Å². The lowest BCUT2D eigenvalue weighted by molar-refractivity contribution is -0.130. The van der Waals surface area contributed by atoms with Gasteiger partial charge in [0.15, 0.2) is 0 Å². The van der Waals surface area contributed by atoms with Crippen molar-refractivity contribution in [2.24, 2.45) is 0 Å². The minimum atomic E-state index is -0.259. The van der Waals surface area contributed by atoms with Gasteiger partial charge in [0.2, 0.25) is 5.91 Å². The average Bonchev–Trinajstić information content (AvgIpc) is 3.34. The van der Waals surface area contributed by atoms with Gasteiger partial charge in [-0.2, -0.15) is 0 Å². The number of anilines is 2. The van der Waals surface area contributed by atoms with Gasteiger partial charge in [-0.15, -0.1) is 0 Å². The first-order valence-corrected chi connectivity index (χ1v) is 10.9. The summed E-state index contributed by atoms with van der Waals surface area (Å²) in [6.45, 7) is 2.45. The molecular weight excluding hydrogens is 423 g/mol. The van der Waals surface area contributed by atoms with Gasteiger partial charge in [0.1, 0.15) is 23.8 Å². The van der Waals surface area contributed by atoms with E-state index < -0.39 is 0 Å². The van der Waals surface area contributed by atoms with Crippen molar-refractivity contribution in [1.82, 2.24) is 19.9 Å². The lowest BCUT2D eigenvalue weighted by atomic mass is 10.0. The summed E-state index contributed by atoms with van der Waals surface area (Å²) in [5, 5.41) is 5.43. The third-order valence-corrected chi connectivity index (χ3v) is 6.35. The molecule has 2 aliphatic heterocycles. The maximum atomic E-state index is 13.1. The third-order valence-electron chi connectivity index (χ3n) is 5.91. The quantitative estimate of drug-likeness (QED) is 0.636. The Morgan fingerprint density at radius 1 is 1.10 bits per heavy atom. The van der Waals surface area contributed by atoms with Crippen molar-refractivity contribution in [3.8, 4) is 0 Å². The standard InChI is InChI=1S/C21H22Cl2N6O/c22-13-8-14(23)10-15(9-13)27-18-4-7-29(21(18)30)16-2-1-6-28(11-16)20-17-3-5-24-19(17)25-12-26-20/h3,5,8-10,12,16,18,27H,1-2,4,6-7,11H2,(H,24,25,26)/t16-,18?/m1/s1. The number of piperidine rings is 1. The molecule has 4 heterocycles. The highest BCUT2D eigenvalue weighted by atomic mass is 35.5. The molecule has 3 aromatic rings. The molecule has 30 heavy (non-hydrogen) atoms. The second-order valence-corrected chi connectivity index (χ2v) is 8.73. The van der Waals surface area contributed by atoms with Crippen molar-refractivity contribution in [3.63, 3.8) is 0 Å². The van der Waals surface area contributed by atoms with Gasteiger partial charge < -0.3 is 20.1 Å². The van der Waals surface area contributed by atoms with Crippen molar-refractivity contribution < 1.29 is 4.79 Å². The SMILES string of the molecule is O=C1C(Nc2cc(Cl)cc(Cl)c2)CCN1[C@@H]1CCCN(c2ncnc3[nH]ccc23)C1. The van der Waals surface area contributed by atoms with Crippen LogP contribution >= 0.6 is 23.2 Å². The Bertz CT molecular complexity index is 1070. The first-order valence-electron chi connectivity index (χ1n) is 10.1. The number of nitrogens with one attached hydrogen (secondary N) is 2. The van der Waals surface area contributed by atoms with E-state index in [9.17, 15) is 4.79 Å². The van der Waals surface area contributed by atoms with Crippen molar-refractivity contribution in [2.45, 2.75) is 31.3 Å². The molecule has 9 heteroatoms. The highest BCUT2D eigenvalue weighted by molar-refractivity contribution is 6.35. The van der Waals surface area contributed by atoms with Crippen molar-refractivity contribution in [2.75, 3.05) is 29.9 Å².